The van der Waals surface area contributed by atoms with Gasteiger partial charge in [0.15, 0.2) is 5.78 Å². The van der Waals surface area contributed by atoms with Crippen molar-refractivity contribution >= 4 is 5.78 Å². The molecule has 2 unspecified atom stereocenters. The molecule has 0 aliphatic heterocycles. The molecule has 0 saturated heterocycles. The molecular weight excluding hydrogens is 234 g/mol. The van der Waals surface area contributed by atoms with E-state index in [4.69, 9.17) is 0 Å². The van der Waals surface area contributed by atoms with Gasteiger partial charge in [0.1, 0.15) is 0 Å². The first-order valence-electron chi connectivity index (χ1n) is 7.29. The van der Waals surface area contributed by atoms with E-state index < -0.39 is 0 Å². The molecule has 1 aromatic carbocycles. The van der Waals surface area contributed by atoms with E-state index in [2.05, 4.69) is 25.9 Å². The summed E-state index contributed by atoms with van der Waals surface area (Å²) in [6.45, 7) is 2.27. The number of ketones is 1. The van der Waals surface area contributed by atoms with Crippen LogP contribution >= 0.6 is 0 Å². The monoisotopic (exact) mass is 259 g/mol. The molecule has 104 valence electrons. The van der Waals surface area contributed by atoms with E-state index in [1.165, 1.54) is 12.8 Å². The van der Waals surface area contributed by atoms with Gasteiger partial charge in [-0.1, -0.05) is 50.1 Å². The van der Waals surface area contributed by atoms with Crippen molar-refractivity contribution in [2.24, 2.45) is 5.92 Å². The fraction of sp³-hybridized carbons (Fsp3) is 0.588. The van der Waals surface area contributed by atoms with Gasteiger partial charge in [0.2, 0.25) is 0 Å². The highest BCUT2D eigenvalue weighted by Gasteiger charge is 2.42. The average molecular weight is 259 g/mol. The van der Waals surface area contributed by atoms with E-state index in [9.17, 15) is 4.79 Å². The van der Waals surface area contributed by atoms with Crippen molar-refractivity contribution in [1.29, 1.82) is 0 Å². The molecule has 1 aliphatic rings. The van der Waals surface area contributed by atoms with E-state index in [1.807, 2.05) is 30.3 Å². The molecule has 2 atom stereocenters. The highest BCUT2D eigenvalue weighted by atomic mass is 16.1. The summed E-state index contributed by atoms with van der Waals surface area (Å²) < 4.78 is 0. The van der Waals surface area contributed by atoms with Gasteiger partial charge in [0, 0.05) is 6.42 Å². The van der Waals surface area contributed by atoms with Crippen LogP contribution in [0.4, 0.5) is 0 Å². The van der Waals surface area contributed by atoms with Crippen LogP contribution in [0.15, 0.2) is 30.3 Å². The zero-order valence-electron chi connectivity index (χ0n) is 12.4. The lowest BCUT2D eigenvalue weighted by atomic mass is 9.72. The van der Waals surface area contributed by atoms with Crippen LogP contribution in [-0.2, 0) is 11.2 Å². The molecule has 0 spiro atoms. The van der Waals surface area contributed by atoms with Crippen LogP contribution in [0.2, 0.25) is 0 Å². The fourth-order valence-corrected chi connectivity index (χ4v) is 3.38. The Bertz CT molecular complexity index is 426. The summed E-state index contributed by atoms with van der Waals surface area (Å²) in [6.07, 6.45) is 5.00. The van der Waals surface area contributed by atoms with E-state index in [-0.39, 0.29) is 5.54 Å². The summed E-state index contributed by atoms with van der Waals surface area (Å²) in [7, 11) is 4.11. The summed E-state index contributed by atoms with van der Waals surface area (Å²) >= 11 is 0. The van der Waals surface area contributed by atoms with E-state index >= 15 is 0 Å². The van der Waals surface area contributed by atoms with Crippen LogP contribution in [0.1, 0.15) is 38.2 Å². The van der Waals surface area contributed by atoms with Crippen LogP contribution in [0, 0.1) is 5.92 Å². The Balaban J connectivity index is 2.17. The summed E-state index contributed by atoms with van der Waals surface area (Å²) in [6, 6.07) is 10.1. The molecule has 2 heteroatoms. The Morgan fingerprint density at radius 1 is 1.32 bits per heavy atom. The number of carbonyl (C=O) groups is 1. The second kappa shape index (κ2) is 5.87. The lowest BCUT2D eigenvalue weighted by molar-refractivity contribution is -0.132. The number of rotatable bonds is 4. The number of Topliss-reactive ketones (excluding diaryl/α,β-unsaturated/α-hetero) is 1. The number of hydrogen-bond donors (Lipinski definition) is 0. The molecule has 0 amide bonds. The molecular formula is C17H25NO. The Morgan fingerprint density at radius 3 is 2.58 bits per heavy atom. The van der Waals surface area contributed by atoms with Crippen molar-refractivity contribution in [2.75, 3.05) is 14.1 Å². The van der Waals surface area contributed by atoms with Gasteiger partial charge in [-0.2, -0.15) is 0 Å². The highest BCUT2D eigenvalue weighted by Crippen LogP contribution is 2.37. The minimum Gasteiger partial charge on any atom is -0.297 e. The van der Waals surface area contributed by atoms with E-state index in [1.54, 1.807) is 0 Å². The molecule has 2 nitrogen and oxygen atoms in total. The maximum absolute atomic E-state index is 12.8. The van der Waals surface area contributed by atoms with Gasteiger partial charge in [0.05, 0.1) is 5.54 Å². The number of carbonyl (C=O) groups excluding carboxylic acids is 1. The third-order valence-electron chi connectivity index (χ3n) is 4.56. The minimum atomic E-state index is -0.243. The molecule has 19 heavy (non-hydrogen) atoms. The van der Waals surface area contributed by atoms with Crippen molar-refractivity contribution < 1.29 is 4.79 Å². The predicted octanol–water partition coefficient (Wildman–Crippen LogP) is 3.31. The average Bonchev–Trinajstić information content (AvgIpc) is 2.39. The first kappa shape index (κ1) is 14.3. The van der Waals surface area contributed by atoms with E-state index in [0.717, 1.165) is 18.4 Å². The van der Waals surface area contributed by atoms with Crippen molar-refractivity contribution in [3.8, 4) is 0 Å². The van der Waals surface area contributed by atoms with Gasteiger partial charge in [-0.05, 0) is 38.4 Å². The van der Waals surface area contributed by atoms with Crippen molar-refractivity contribution in [2.45, 2.75) is 44.6 Å². The molecule has 0 N–H and O–H groups in total. The topological polar surface area (TPSA) is 20.3 Å². The van der Waals surface area contributed by atoms with Crippen molar-refractivity contribution in [3.63, 3.8) is 0 Å². The Kier molecular flexibility index (Phi) is 4.41. The summed E-state index contributed by atoms with van der Waals surface area (Å²) in [5.74, 6) is 1.03. The molecule has 0 bridgehead atoms. The fourth-order valence-electron chi connectivity index (χ4n) is 3.38. The van der Waals surface area contributed by atoms with Gasteiger partial charge in [-0.15, -0.1) is 0 Å². The Labute approximate surface area is 116 Å². The normalized spacial score (nSPS) is 27.5. The Morgan fingerprint density at radius 2 is 2.00 bits per heavy atom. The summed E-state index contributed by atoms with van der Waals surface area (Å²) in [4.78, 5) is 15.0. The maximum Gasteiger partial charge on any atom is 0.157 e. The number of hydrogen-bond acceptors (Lipinski definition) is 2. The van der Waals surface area contributed by atoms with E-state index in [0.29, 0.717) is 18.1 Å². The maximum atomic E-state index is 12.8. The predicted molar refractivity (Wildman–Crippen MR) is 79.2 cm³/mol. The number of nitrogens with zero attached hydrogens (tertiary/aromatic N) is 1. The first-order valence-corrected chi connectivity index (χ1v) is 7.29. The van der Waals surface area contributed by atoms with Crippen molar-refractivity contribution in [1.82, 2.24) is 4.90 Å². The summed E-state index contributed by atoms with van der Waals surface area (Å²) in [5.41, 5.74) is 0.889. The number of likely N-dealkylation sites (N-methyl/N-ethyl adjacent to an activating group) is 1. The zero-order chi connectivity index (χ0) is 13.9. The van der Waals surface area contributed by atoms with Gasteiger partial charge in [0.25, 0.3) is 0 Å². The van der Waals surface area contributed by atoms with Crippen LogP contribution in [0.3, 0.4) is 0 Å². The largest absolute Gasteiger partial charge is 0.297 e. The molecule has 0 heterocycles. The molecule has 1 saturated carbocycles. The lowest BCUT2D eigenvalue weighted by Crippen LogP contribution is -2.54. The van der Waals surface area contributed by atoms with Crippen LogP contribution in [0.25, 0.3) is 0 Å². The van der Waals surface area contributed by atoms with Gasteiger partial charge in [-0.25, -0.2) is 0 Å². The smallest absolute Gasteiger partial charge is 0.157 e. The SMILES string of the molecule is CC1CCCC(C(=O)Cc2ccccc2)(N(C)C)C1. The first-order chi connectivity index (χ1) is 9.04. The molecule has 1 aromatic rings. The molecule has 1 aliphatic carbocycles. The third kappa shape index (κ3) is 3.06. The van der Waals surface area contributed by atoms with Crippen LogP contribution in [0.5, 0.6) is 0 Å². The van der Waals surface area contributed by atoms with Gasteiger partial charge < -0.3 is 0 Å². The molecule has 1 fully saturated rings. The highest BCUT2D eigenvalue weighted by molar-refractivity contribution is 5.90. The zero-order valence-corrected chi connectivity index (χ0v) is 12.4. The molecule has 2 rings (SSSR count). The second-order valence-corrected chi connectivity index (χ2v) is 6.21. The number of benzene rings is 1. The lowest BCUT2D eigenvalue weighted by Gasteiger charge is -2.44. The standard InChI is InChI=1S/C17H25NO/c1-14-8-7-11-17(13-14,18(2)3)16(19)12-15-9-5-4-6-10-15/h4-6,9-10,14H,7-8,11-13H2,1-3H3. The van der Waals surface area contributed by atoms with Crippen molar-refractivity contribution in [3.05, 3.63) is 35.9 Å². The van der Waals surface area contributed by atoms with Crippen LogP contribution in [-0.4, -0.2) is 30.3 Å². The molecule has 0 radical (unpaired) electrons. The van der Waals surface area contributed by atoms with Gasteiger partial charge >= 0.3 is 0 Å². The van der Waals surface area contributed by atoms with Gasteiger partial charge in [-0.3, -0.25) is 9.69 Å². The second-order valence-electron chi connectivity index (χ2n) is 6.21. The molecule has 0 aromatic heterocycles. The minimum absolute atomic E-state index is 0.243. The summed E-state index contributed by atoms with van der Waals surface area (Å²) in [5, 5.41) is 0. The van der Waals surface area contributed by atoms with Crippen LogP contribution < -0.4 is 0 Å². The third-order valence-corrected chi connectivity index (χ3v) is 4.56. The quantitative estimate of drug-likeness (QED) is 0.827. The Hall–Kier alpha value is -1.15.